The van der Waals surface area contributed by atoms with Crippen molar-refractivity contribution in [3.63, 3.8) is 0 Å². The number of carboxylic acid groups (broad SMARTS) is 1. The number of thiazole rings is 1. The Bertz CT molecular complexity index is 1460. The molecule has 1 aromatic carbocycles. The monoisotopic (exact) mass is 451 g/mol. The number of aliphatic hydroxyl groups excluding tert-OH is 1. The van der Waals surface area contributed by atoms with Crippen molar-refractivity contribution in [3.8, 4) is 21.4 Å². The van der Waals surface area contributed by atoms with Gasteiger partial charge in [-0.1, -0.05) is 0 Å². The topological polar surface area (TPSA) is 97.5 Å². The molecule has 2 N–H and O–H groups in total. The van der Waals surface area contributed by atoms with Crippen LogP contribution in [0.4, 0.5) is 0 Å². The van der Waals surface area contributed by atoms with Crippen LogP contribution in [0.2, 0.25) is 0 Å². The van der Waals surface area contributed by atoms with Gasteiger partial charge in [-0.3, -0.25) is 4.98 Å². The minimum atomic E-state index is -0.940. The average Bonchev–Trinajstić information content (AvgIpc) is 3.46. The number of hydrogen-bond acceptors (Lipinski definition) is 7. The molecule has 0 radical (unpaired) electrons. The van der Waals surface area contributed by atoms with E-state index in [-0.39, 0.29) is 6.61 Å². The van der Waals surface area contributed by atoms with Crippen LogP contribution in [0.1, 0.15) is 21.7 Å². The van der Waals surface area contributed by atoms with Crippen LogP contribution in [0.3, 0.4) is 0 Å². The second-order valence-corrected chi connectivity index (χ2v) is 8.95. The SMILES string of the molecule is Cc1c(C(=O)O)c2ccc(Oc3ccnc4cc(-c5nc(CO)cs5)sc34)cc2n1C. The first-order valence-electron chi connectivity index (χ1n) is 9.40. The van der Waals surface area contributed by atoms with Crippen LogP contribution in [0, 0.1) is 6.92 Å². The van der Waals surface area contributed by atoms with Gasteiger partial charge in [-0.2, -0.15) is 0 Å². The molecule has 0 saturated heterocycles. The summed E-state index contributed by atoms with van der Waals surface area (Å²) < 4.78 is 8.95. The lowest BCUT2D eigenvalue weighted by molar-refractivity contribution is 0.0698. The molecule has 0 atom stereocenters. The van der Waals surface area contributed by atoms with Crippen molar-refractivity contribution in [3.05, 3.63) is 58.9 Å². The Balaban J connectivity index is 1.55. The summed E-state index contributed by atoms with van der Waals surface area (Å²) in [5.41, 5.74) is 3.25. The molecule has 0 aliphatic heterocycles. The number of rotatable bonds is 5. The summed E-state index contributed by atoms with van der Waals surface area (Å²) >= 11 is 3.01. The third-order valence-electron chi connectivity index (χ3n) is 5.21. The number of nitrogens with zero attached hydrogens (tertiary/aromatic N) is 3. The maximum absolute atomic E-state index is 11.6. The molecular weight excluding hydrogens is 434 g/mol. The number of aliphatic hydroxyl groups is 1. The molecule has 7 nitrogen and oxygen atoms in total. The summed E-state index contributed by atoms with van der Waals surface area (Å²) in [5.74, 6) is 0.346. The molecule has 0 amide bonds. The number of aromatic carboxylic acids is 1. The standard InChI is InChI=1S/C22H17N3O4S2/c1-11-19(22(27)28)14-4-3-13(7-16(14)25(11)2)29-17-5-6-23-15-8-18(31-20(15)17)21-24-12(9-26)10-30-21/h3-8,10,26H,9H2,1-2H3,(H,27,28). The van der Waals surface area contributed by atoms with E-state index in [2.05, 4.69) is 9.97 Å². The highest BCUT2D eigenvalue weighted by atomic mass is 32.1. The molecule has 0 fully saturated rings. The number of pyridine rings is 1. The summed E-state index contributed by atoms with van der Waals surface area (Å²) in [5, 5.41) is 22.2. The van der Waals surface area contributed by atoms with Crippen LogP contribution in [-0.2, 0) is 13.7 Å². The molecule has 5 aromatic rings. The van der Waals surface area contributed by atoms with Gasteiger partial charge in [0, 0.05) is 41.8 Å². The van der Waals surface area contributed by atoms with E-state index < -0.39 is 5.97 Å². The van der Waals surface area contributed by atoms with Crippen molar-refractivity contribution in [2.24, 2.45) is 7.05 Å². The summed E-state index contributed by atoms with van der Waals surface area (Å²) in [7, 11) is 1.85. The second-order valence-electron chi connectivity index (χ2n) is 7.04. The van der Waals surface area contributed by atoms with Gasteiger partial charge in [0.05, 0.1) is 38.5 Å². The largest absolute Gasteiger partial charge is 0.478 e. The van der Waals surface area contributed by atoms with Crippen molar-refractivity contribution in [1.29, 1.82) is 0 Å². The van der Waals surface area contributed by atoms with Crippen molar-refractivity contribution in [1.82, 2.24) is 14.5 Å². The molecular formula is C22H17N3O4S2. The average molecular weight is 452 g/mol. The predicted molar refractivity (Wildman–Crippen MR) is 121 cm³/mol. The lowest BCUT2D eigenvalue weighted by Crippen LogP contribution is -1.99. The number of aryl methyl sites for hydroxylation is 1. The summed E-state index contributed by atoms with van der Waals surface area (Å²) in [6.07, 6.45) is 1.70. The fourth-order valence-corrected chi connectivity index (χ4v) is 5.54. The number of aromatic nitrogens is 3. The zero-order valence-corrected chi connectivity index (χ0v) is 18.3. The first-order chi connectivity index (χ1) is 15.0. The number of hydrogen-bond donors (Lipinski definition) is 2. The zero-order valence-electron chi connectivity index (χ0n) is 16.6. The van der Waals surface area contributed by atoms with Gasteiger partial charge < -0.3 is 19.5 Å². The van der Waals surface area contributed by atoms with Crippen LogP contribution in [0.5, 0.6) is 11.5 Å². The van der Waals surface area contributed by atoms with E-state index in [4.69, 9.17) is 4.74 Å². The molecule has 156 valence electrons. The van der Waals surface area contributed by atoms with E-state index in [1.54, 1.807) is 25.3 Å². The maximum Gasteiger partial charge on any atom is 0.338 e. The Morgan fingerprint density at radius 1 is 1.26 bits per heavy atom. The third kappa shape index (κ3) is 3.27. The Kier molecular flexibility index (Phi) is 4.73. The number of carboxylic acids is 1. The number of fused-ring (bicyclic) bond motifs is 2. The normalized spacial score (nSPS) is 11.5. The first kappa shape index (κ1) is 19.7. The molecule has 0 saturated carbocycles. The fraction of sp³-hybridized carbons (Fsp3) is 0.136. The zero-order chi connectivity index (χ0) is 21.7. The smallest absolute Gasteiger partial charge is 0.338 e. The van der Waals surface area contributed by atoms with Gasteiger partial charge in [0.1, 0.15) is 16.5 Å². The summed E-state index contributed by atoms with van der Waals surface area (Å²) in [6.45, 7) is 1.71. The Labute approximate surface area is 184 Å². The Hall–Kier alpha value is -3.27. The highest BCUT2D eigenvalue weighted by Crippen LogP contribution is 2.40. The molecule has 4 heterocycles. The van der Waals surface area contributed by atoms with Crippen molar-refractivity contribution in [2.45, 2.75) is 13.5 Å². The third-order valence-corrected chi connectivity index (χ3v) is 7.41. The van der Waals surface area contributed by atoms with Gasteiger partial charge in [-0.25, -0.2) is 9.78 Å². The highest BCUT2D eigenvalue weighted by molar-refractivity contribution is 7.25. The highest BCUT2D eigenvalue weighted by Gasteiger charge is 2.19. The Morgan fingerprint density at radius 3 is 2.84 bits per heavy atom. The molecule has 4 aromatic heterocycles. The number of thiophene rings is 1. The molecule has 5 rings (SSSR count). The first-order valence-corrected chi connectivity index (χ1v) is 11.1. The van der Waals surface area contributed by atoms with Crippen molar-refractivity contribution < 1.29 is 19.7 Å². The number of benzene rings is 1. The van der Waals surface area contributed by atoms with Gasteiger partial charge in [-0.15, -0.1) is 22.7 Å². The second kappa shape index (κ2) is 7.45. The lowest BCUT2D eigenvalue weighted by Gasteiger charge is -2.07. The summed E-state index contributed by atoms with van der Waals surface area (Å²) in [6, 6.07) is 9.20. The van der Waals surface area contributed by atoms with Crippen LogP contribution in [0.25, 0.3) is 31.0 Å². The molecule has 0 bridgehead atoms. The maximum atomic E-state index is 11.6. The van der Waals surface area contributed by atoms with Gasteiger partial charge in [0.2, 0.25) is 0 Å². The fourth-order valence-electron chi connectivity index (χ4n) is 3.60. The Morgan fingerprint density at radius 2 is 2.10 bits per heavy atom. The predicted octanol–water partition coefficient (Wildman–Crippen LogP) is 5.20. The summed E-state index contributed by atoms with van der Waals surface area (Å²) in [4.78, 5) is 21.5. The lowest BCUT2D eigenvalue weighted by atomic mass is 10.1. The molecule has 0 aliphatic carbocycles. The van der Waals surface area contributed by atoms with E-state index >= 15 is 0 Å². The van der Waals surface area contributed by atoms with Gasteiger partial charge in [-0.05, 0) is 25.1 Å². The molecule has 0 aliphatic rings. The van der Waals surface area contributed by atoms with Crippen LogP contribution >= 0.6 is 22.7 Å². The molecule has 0 spiro atoms. The van der Waals surface area contributed by atoms with Crippen molar-refractivity contribution >= 4 is 49.8 Å². The quantitative estimate of drug-likeness (QED) is 0.381. The molecule has 0 unspecified atom stereocenters. The number of carbonyl (C=O) groups is 1. The van der Waals surface area contributed by atoms with E-state index in [0.717, 1.165) is 25.6 Å². The molecule has 31 heavy (non-hydrogen) atoms. The van der Waals surface area contributed by atoms with E-state index in [9.17, 15) is 15.0 Å². The van der Waals surface area contributed by atoms with E-state index in [1.165, 1.54) is 22.7 Å². The number of ether oxygens (including phenoxy) is 1. The van der Waals surface area contributed by atoms with Crippen LogP contribution in [0.15, 0.2) is 41.9 Å². The van der Waals surface area contributed by atoms with E-state index in [0.29, 0.717) is 33.8 Å². The minimum absolute atomic E-state index is 0.0846. The van der Waals surface area contributed by atoms with Crippen LogP contribution in [-0.4, -0.2) is 30.7 Å². The van der Waals surface area contributed by atoms with E-state index in [1.807, 2.05) is 35.2 Å². The van der Waals surface area contributed by atoms with Crippen molar-refractivity contribution in [2.75, 3.05) is 0 Å². The molecule has 9 heteroatoms. The van der Waals surface area contributed by atoms with Crippen LogP contribution < -0.4 is 4.74 Å². The minimum Gasteiger partial charge on any atom is -0.478 e. The van der Waals surface area contributed by atoms with Gasteiger partial charge >= 0.3 is 5.97 Å². The van der Waals surface area contributed by atoms with Gasteiger partial charge in [0.15, 0.2) is 0 Å². The van der Waals surface area contributed by atoms with Gasteiger partial charge in [0.25, 0.3) is 0 Å².